The van der Waals surface area contributed by atoms with E-state index in [0.717, 1.165) is 5.69 Å². The molecule has 1 aliphatic rings. The molecule has 5 rings (SSSR count). The molecular formula is C18H13N7O3S. The number of sulfonamides is 1. The van der Waals surface area contributed by atoms with Crippen LogP contribution in [0, 0.1) is 0 Å². The van der Waals surface area contributed by atoms with Crippen molar-refractivity contribution < 1.29 is 13.2 Å². The van der Waals surface area contributed by atoms with Crippen LogP contribution in [0.5, 0.6) is 0 Å². The predicted molar refractivity (Wildman–Crippen MR) is 104 cm³/mol. The highest BCUT2D eigenvalue weighted by Gasteiger charge is 2.29. The Balaban J connectivity index is 1.44. The van der Waals surface area contributed by atoms with Crippen molar-refractivity contribution in [1.29, 1.82) is 0 Å². The molecule has 0 unspecified atom stereocenters. The Morgan fingerprint density at radius 1 is 1.07 bits per heavy atom. The lowest BCUT2D eigenvalue weighted by Crippen LogP contribution is -2.24. The molecule has 0 aliphatic carbocycles. The number of amides is 1. The molecule has 0 spiro atoms. The Kier molecular flexibility index (Phi) is 3.71. The Morgan fingerprint density at radius 3 is 2.72 bits per heavy atom. The van der Waals surface area contributed by atoms with Crippen molar-refractivity contribution in [3.05, 3.63) is 72.7 Å². The highest BCUT2D eigenvalue weighted by atomic mass is 32.2. The predicted octanol–water partition coefficient (Wildman–Crippen LogP) is 1.82. The number of nitrogens with zero attached hydrogens (tertiary/aromatic N) is 5. The number of rotatable bonds is 3. The van der Waals surface area contributed by atoms with Crippen molar-refractivity contribution in [1.82, 2.24) is 24.5 Å². The van der Waals surface area contributed by atoms with Gasteiger partial charge >= 0.3 is 0 Å². The van der Waals surface area contributed by atoms with Crippen LogP contribution >= 0.6 is 0 Å². The highest BCUT2D eigenvalue weighted by Crippen LogP contribution is 2.29. The van der Waals surface area contributed by atoms with Crippen LogP contribution in [0.2, 0.25) is 0 Å². The summed E-state index contributed by atoms with van der Waals surface area (Å²) in [6.45, 7) is 0. The van der Waals surface area contributed by atoms with E-state index in [1.54, 1.807) is 16.9 Å². The standard InChI is InChI=1S/C18H13N7O3S/c26-17(21-16-8-9-24(22-16)13-4-2-1-3-5-13)12-6-7-14-15(10-12)29(27,28)23-18-19-11-20-25(14)18/h1-11H,(H,19,20,23)(H,21,22,26). The van der Waals surface area contributed by atoms with Crippen molar-refractivity contribution in [3.63, 3.8) is 0 Å². The average Bonchev–Trinajstić information content (AvgIpc) is 3.37. The fourth-order valence-electron chi connectivity index (χ4n) is 3.01. The summed E-state index contributed by atoms with van der Waals surface area (Å²) in [6, 6.07) is 15.4. The van der Waals surface area contributed by atoms with Gasteiger partial charge in [0, 0.05) is 17.8 Å². The number of aromatic nitrogens is 5. The molecule has 3 heterocycles. The van der Waals surface area contributed by atoms with E-state index < -0.39 is 15.9 Å². The lowest BCUT2D eigenvalue weighted by atomic mass is 10.2. The van der Waals surface area contributed by atoms with E-state index in [1.165, 1.54) is 29.2 Å². The summed E-state index contributed by atoms with van der Waals surface area (Å²) in [6.07, 6.45) is 2.97. The molecule has 10 nitrogen and oxygen atoms in total. The largest absolute Gasteiger partial charge is 0.305 e. The monoisotopic (exact) mass is 407 g/mol. The SMILES string of the molecule is O=C(Nc1ccn(-c2ccccc2)n1)c1ccc2c(c1)S(=O)(=O)Nc1ncnn1-2. The number of para-hydroxylation sites is 1. The minimum absolute atomic E-state index is 0.0574. The van der Waals surface area contributed by atoms with Gasteiger partial charge in [0.1, 0.15) is 11.2 Å². The topological polar surface area (TPSA) is 124 Å². The quantitative estimate of drug-likeness (QED) is 0.534. The first kappa shape index (κ1) is 17.1. The molecule has 2 aromatic carbocycles. The lowest BCUT2D eigenvalue weighted by Gasteiger charge is -2.19. The molecule has 0 saturated heterocycles. The second kappa shape index (κ2) is 6.27. The second-order valence-corrected chi connectivity index (χ2v) is 7.87. The molecule has 29 heavy (non-hydrogen) atoms. The van der Waals surface area contributed by atoms with Gasteiger partial charge in [0.05, 0.1) is 11.4 Å². The van der Waals surface area contributed by atoms with Crippen LogP contribution in [-0.2, 0) is 10.0 Å². The van der Waals surface area contributed by atoms with Gasteiger partial charge in [0.2, 0.25) is 5.95 Å². The van der Waals surface area contributed by atoms with Crippen LogP contribution in [-0.4, -0.2) is 38.9 Å². The van der Waals surface area contributed by atoms with Crippen molar-refractivity contribution >= 4 is 27.7 Å². The summed E-state index contributed by atoms with van der Waals surface area (Å²) >= 11 is 0. The van der Waals surface area contributed by atoms with Gasteiger partial charge in [-0.1, -0.05) is 18.2 Å². The third-order valence-corrected chi connectivity index (χ3v) is 5.72. The maximum Gasteiger partial charge on any atom is 0.266 e. The molecule has 1 amide bonds. The fraction of sp³-hybridized carbons (Fsp3) is 0. The number of nitrogens with one attached hydrogen (secondary N) is 2. The summed E-state index contributed by atoms with van der Waals surface area (Å²) in [5.41, 5.74) is 1.34. The Hall–Kier alpha value is -3.99. The minimum atomic E-state index is -3.86. The average molecular weight is 407 g/mol. The first-order valence-electron chi connectivity index (χ1n) is 8.51. The molecule has 0 radical (unpaired) electrons. The van der Waals surface area contributed by atoms with Crippen LogP contribution in [0.15, 0.2) is 72.0 Å². The molecule has 0 bridgehead atoms. The van der Waals surface area contributed by atoms with Gasteiger partial charge in [-0.2, -0.15) is 19.9 Å². The van der Waals surface area contributed by atoms with E-state index in [2.05, 4.69) is 25.2 Å². The van der Waals surface area contributed by atoms with Crippen LogP contribution in [0.4, 0.5) is 11.8 Å². The van der Waals surface area contributed by atoms with E-state index in [1.807, 2.05) is 30.3 Å². The number of anilines is 2. The number of carbonyl (C=O) groups excluding carboxylic acids is 1. The number of fused-ring (bicyclic) bond motifs is 3. The van der Waals surface area contributed by atoms with Crippen LogP contribution in [0.25, 0.3) is 11.4 Å². The molecule has 1 aliphatic heterocycles. The van der Waals surface area contributed by atoms with E-state index in [0.29, 0.717) is 11.5 Å². The van der Waals surface area contributed by atoms with E-state index >= 15 is 0 Å². The number of benzene rings is 2. The van der Waals surface area contributed by atoms with Gasteiger partial charge in [-0.3, -0.25) is 4.79 Å². The molecular weight excluding hydrogens is 394 g/mol. The Bertz CT molecular complexity index is 1340. The van der Waals surface area contributed by atoms with E-state index in [-0.39, 0.29) is 16.4 Å². The molecule has 0 saturated carbocycles. The molecule has 2 N–H and O–H groups in total. The van der Waals surface area contributed by atoms with Crippen LogP contribution in [0.3, 0.4) is 0 Å². The Labute approximate surface area is 164 Å². The number of carbonyl (C=O) groups is 1. The lowest BCUT2D eigenvalue weighted by molar-refractivity contribution is 0.102. The van der Waals surface area contributed by atoms with Crippen LogP contribution < -0.4 is 10.0 Å². The first-order chi connectivity index (χ1) is 14.0. The van der Waals surface area contributed by atoms with Gasteiger partial charge in [-0.15, -0.1) is 0 Å². The zero-order valence-electron chi connectivity index (χ0n) is 14.7. The third kappa shape index (κ3) is 2.93. The molecule has 11 heteroatoms. The van der Waals surface area contributed by atoms with Crippen molar-refractivity contribution in [2.24, 2.45) is 0 Å². The third-order valence-electron chi connectivity index (χ3n) is 4.36. The van der Waals surface area contributed by atoms with Gasteiger partial charge < -0.3 is 5.32 Å². The smallest absolute Gasteiger partial charge is 0.266 e. The summed E-state index contributed by atoms with van der Waals surface area (Å²) < 4.78 is 30.3. The van der Waals surface area contributed by atoms with Crippen molar-refractivity contribution in [3.8, 4) is 11.4 Å². The van der Waals surface area contributed by atoms with Gasteiger partial charge in [-0.05, 0) is 30.3 Å². The van der Waals surface area contributed by atoms with Crippen molar-refractivity contribution in [2.75, 3.05) is 10.0 Å². The second-order valence-electron chi connectivity index (χ2n) is 6.22. The Morgan fingerprint density at radius 2 is 1.90 bits per heavy atom. The normalized spacial score (nSPS) is 13.8. The first-order valence-corrected chi connectivity index (χ1v) is 9.99. The summed E-state index contributed by atoms with van der Waals surface area (Å²) in [4.78, 5) is 16.4. The van der Waals surface area contributed by atoms with Gasteiger partial charge in [-0.25, -0.2) is 17.8 Å². The maximum atomic E-state index is 12.6. The van der Waals surface area contributed by atoms with Crippen LogP contribution in [0.1, 0.15) is 10.4 Å². The van der Waals surface area contributed by atoms with Gasteiger partial charge in [0.25, 0.3) is 15.9 Å². The van der Waals surface area contributed by atoms with E-state index in [9.17, 15) is 13.2 Å². The van der Waals surface area contributed by atoms with Gasteiger partial charge in [0.15, 0.2) is 5.82 Å². The zero-order valence-corrected chi connectivity index (χ0v) is 15.5. The molecule has 2 aromatic heterocycles. The summed E-state index contributed by atoms with van der Waals surface area (Å²) in [7, 11) is -3.86. The molecule has 144 valence electrons. The number of hydrogen-bond acceptors (Lipinski definition) is 6. The van der Waals surface area contributed by atoms with Crippen molar-refractivity contribution in [2.45, 2.75) is 4.90 Å². The fourth-order valence-corrected chi connectivity index (χ4v) is 4.21. The molecule has 0 atom stereocenters. The summed E-state index contributed by atoms with van der Waals surface area (Å²) in [5, 5.41) is 11.0. The molecule has 4 aromatic rings. The van der Waals surface area contributed by atoms with E-state index in [4.69, 9.17) is 0 Å². The highest BCUT2D eigenvalue weighted by molar-refractivity contribution is 7.93. The maximum absolute atomic E-state index is 12.6. The summed E-state index contributed by atoms with van der Waals surface area (Å²) in [5.74, 6) is -0.0389. The zero-order chi connectivity index (χ0) is 20.0. The molecule has 0 fully saturated rings. The minimum Gasteiger partial charge on any atom is -0.305 e. The number of hydrogen-bond donors (Lipinski definition) is 2.